The van der Waals surface area contributed by atoms with Crippen molar-refractivity contribution >= 4 is 11.7 Å². The zero-order valence-electron chi connectivity index (χ0n) is 9.03. The molecule has 0 aliphatic heterocycles. The number of rotatable bonds is 5. The molecular formula is C10H16N4O. The molecule has 5 heteroatoms. The van der Waals surface area contributed by atoms with Gasteiger partial charge in [0.2, 0.25) is 5.91 Å². The van der Waals surface area contributed by atoms with E-state index in [0.29, 0.717) is 24.8 Å². The third-order valence-corrected chi connectivity index (χ3v) is 1.74. The molecule has 0 unspecified atom stereocenters. The summed E-state index contributed by atoms with van der Waals surface area (Å²) in [5.74, 6) is 0.440. The van der Waals surface area contributed by atoms with Gasteiger partial charge < -0.3 is 10.6 Å². The Kier molecular flexibility index (Phi) is 4.70. The van der Waals surface area contributed by atoms with Gasteiger partial charge in [-0.2, -0.15) is 0 Å². The van der Waals surface area contributed by atoms with E-state index in [1.807, 2.05) is 13.8 Å². The Bertz CT molecular complexity index is 300. The molecule has 82 valence electrons. The average Bonchev–Trinajstić information content (AvgIpc) is 2.18. The topological polar surface area (TPSA) is 66.9 Å². The number of nitrogens with one attached hydrogen (secondary N) is 2. The van der Waals surface area contributed by atoms with Gasteiger partial charge in [-0.3, -0.25) is 9.78 Å². The minimum Gasteiger partial charge on any atom is -0.314 e. The van der Waals surface area contributed by atoms with E-state index in [9.17, 15) is 4.79 Å². The average molecular weight is 208 g/mol. The third kappa shape index (κ3) is 5.07. The first kappa shape index (κ1) is 11.6. The van der Waals surface area contributed by atoms with Crippen LogP contribution < -0.4 is 10.6 Å². The Hall–Kier alpha value is -1.49. The molecule has 0 aliphatic carbocycles. The van der Waals surface area contributed by atoms with E-state index in [2.05, 4.69) is 20.6 Å². The maximum absolute atomic E-state index is 11.4. The van der Waals surface area contributed by atoms with Crippen LogP contribution in [0.5, 0.6) is 0 Å². The second kappa shape index (κ2) is 6.08. The molecule has 0 saturated carbocycles. The number of amides is 1. The van der Waals surface area contributed by atoms with Crippen LogP contribution in [0.3, 0.4) is 0 Å². The summed E-state index contributed by atoms with van der Waals surface area (Å²) in [7, 11) is 0. The Balaban J connectivity index is 2.25. The minimum absolute atomic E-state index is 0.0522. The number of hydrogen-bond donors (Lipinski definition) is 2. The highest BCUT2D eigenvalue weighted by Crippen LogP contribution is 1.97. The molecule has 1 rings (SSSR count). The van der Waals surface area contributed by atoms with Gasteiger partial charge in [-0.15, -0.1) is 0 Å². The minimum atomic E-state index is -0.0522. The molecule has 0 atom stereocenters. The predicted molar refractivity (Wildman–Crippen MR) is 58.4 cm³/mol. The second-order valence-corrected chi connectivity index (χ2v) is 3.50. The van der Waals surface area contributed by atoms with Crippen LogP contribution in [0.25, 0.3) is 0 Å². The molecule has 0 bridgehead atoms. The lowest BCUT2D eigenvalue weighted by atomic mass is 10.3. The van der Waals surface area contributed by atoms with Crippen molar-refractivity contribution in [1.82, 2.24) is 15.3 Å². The van der Waals surface area contributed by atoms with Gasteiger partial charge in [0, 0.05) is 31.4 Å². The number of carbonyl (C=O) groups is 1. The van der Waals surface area contributed by atoms with Crippen molar-refractivity contribution in [1.29, 1.82) is 0 Å². The molecule has 5 nitrogen and oxygen atoms in total. The lowest BCUT2D eigenvalue weighted by Crippen LogP contribution is -2.27. The van der Waals surface area contributed by atoms with Gasteiger partial charge in [0.15, 0.2) is 5.82 Å². The van der Waals surface area contributed by atoms with Crippen LogP contribution in [0.1, 0.15) is 20.3 Å². The van der Waals surface area contributed by atoms with Crippen molar-refractivity contribution in [3.63, 3.8) is 0 Å². The molecule has 1 aromatic rings. The van der Waals surface area contributed by atoms with Gasteiger partial charge in [-0.1, -0.05) is 13.8 Å². The van der Waals surface area contributed by atoms with Crippen molar-refractivity contribution in [2.45, 2.75) is 26.3 Å². The lowest BCUT2D eigenvalue weighted by molar-refractivity contribution is -0.116. The predicted octanol–water partition coefficient (Wildman–Crippen LogP) is 0.803. The van der Waals surface area contributed by atoms with E-state index >= 15 is 0 Å². The molecule has 1 amide bonds. The van der Waals surface area contributed by atoms with Crippen LogP contribution in [0.15, 0.2) is 18.6 Å². The van der Waals surface area contributed by atoms with Gasteiger partial charge in [-0.25, -0.2) is 4.98 Å². The maximum atomic E-state index is 11.4. The summed E-state index contributed by atoms with van der Waals surface area (Å²) in [6.07, 6.45) is 5.07. The van der Waals surface area contributed by atoms with Crippen molar-refractivity contribution in [2.24, 2.45) is 0 Å². The first-order valence-electron chi connectivity index (χ1n) is 4.97. The fraction of sp³-hybridized carbons (Fsp3) is 0.500. The van der Waals surface area contributed by atoms with Gasteiger partial charge in [-0.05, 0) is 0 Å². The van der Waals surface area contributed by atoms with Gasteiger partial charge >= 0.3 is 0 Å². The van der Waals surface area contributed by atoms with Crippen LogP contribution in [0, 0.1) is 0 Å². The summed E-state index contributed by atoms with van der Waals surface area (Å²) in [4.78, 5) is 19.2. The summed E-state index contributed by atoms with van der Waals surface area (Å²) in [5.41, 5.74) is 0. The molecule has 0 spiro atoms. The fourth-order valence-corrected chi connectivity index (χ4v) is 1.04. The number of hydrogen-bond acceptors (Lipinski definition) is 4. The first-order valence-corrected chi connectivity index (χ1v) is 4.97. The van der Waals surface area contributed by atoms with Crippen LogP contribution >= 0.6 is 0 Å². The molecule has 1 heterocycles. The smallest absolute Gasteiger partial charge is 0.226 e. The number of nitrogens with zero attached hydrogens (tertiary/aromatic N) is 2. The SMILES string of the molecule is CC(C)NCCC(=O)Nc1cnccn1. The van der Waals surface area contributed by atoms with Crippen LogP contribution in [0.4, 0.5) is 5.82 Å². The van der Waals surface area contributed by atoms with Crippen molar-refractivity contribution in [3.8, 4) is 0 Å². The molecule has 1 aromatic heterocycles. The van der Waals surface area contributed by atoms with Gasteiger partial charge in [0.25, 0.3) is 0 Å². The highest BCUT2D eigenvalue weighted by atomic mass is 16.1. The van der Waals surface area contributed by atoms with E-state index in [1.165, 1.54) is 6.20 Å². The highest BCUT2D eigenvalue weighted by molar-refractivity contribution is 5.89. The van der Waals surface area contributed by atoms with Crippen molar-refractivity contribution in [3.05, 3.63) is 18.6 Å². The van der Waals surface area contributed by atoms with E-state index in [1.54, 1.807) is 12.4 Å². The van der Waals surface area contributed by atoms with Crippen molar-refractivity contribution in [2.75, 3.05) is 11.9 Å². The highest BCUT2D eigenvalue weighted by Gasteiger charge is 2.02. The van der Waals surface area contributed by atoms with E-state index in [-0.39, 0.29) is 5.91 Å². The zero-order chi connectivity index (χ0) is 11.1. The Morgan fingerprint density at radius 1 is 1.47 bits per heavy atom. The quantitative estimate of drug-likeness (QED) is 0.751. The summed E-state index contributed by atoms with van der Waals surface area (Å²) in [6.45, 7) is 4.75. The van der Waals surface area contributed by atoms with E-state index in [4.69, 9.17) is 0 Å². The zero-order valence-corrected chi connectivity index (χ0v) is 9.03. The third-order valence-electron chi connectivity index (χ3n) is 1.74. The van der Waals surface area contributed by atoms with Gasteiger partial charge in [0.05, 0.1) is 6.20 Å². The molecule has 0 radical (unpaired) electrons. The molecule has 0 saturated heterocycles. The Morgan fingerprint density at radius 2 is 2.27 bits per heavy atom. The van der Waals surface area contributed by atoms with Crippen molar-refractivity contribution < 1.29 is 4.79 Å². The number of anilines is 1. The van der Waals surface area contributed by atoms with Crippen LogP contribution in [0.2, 0.25) is 0 Å². The van der Waals surface area contributed by atoms with E-state index in [0.717, 1.165) is 0 Å². The van der Waals surface area contributed by atoms with E-state index < -0.39 is 0 Å². The molecule has 0 aliphatic rings. The normalized spacial score (nSPS) is 10.3. The summed E-state index contributed by atoms with van der Waals surface area (Å²) < 4.78 is 0. The molecule has 2 N–H and O–H groups in total. The number of aromatic nitrogens is 2. The Morgan fingerprint density at radius 3 is 2.87 bits per heavy atom. The fourth-order valence-electron chi connectivity index (χ4n) is 1.04. The molecular weight excluding hydrogens is 192 g/mol. The Labute approximate surface area is 89.3 Å². The van der Waals surface area contributed by atoms with Crippen LogP contribution in [-0.2, 0) is 4.79 Å². The standard InChI is InChI=1S/C10H16N4O/c1-8(2)12-4-3-10(15)14-9-7-11-5-6-13-9/h5-8,12H,3-4H2,1-2H3,(H,13,14,15). The summed E-state index contributed by atoms with van der Waals surface area (Å²) >= 11 is 0. The maximum Gasteiger partial charge on any atom is 0.226 e. The molecule has 0 aromatic carbocycles. The molecule has 0 fully saturated rings. The largest absolute Gasteiger partial charge is 0.314 e. The number of carbonyl (C=O) groups excluding carboxylic acids is 1. The summed E-state index contributed by atoms with van der Waals surface area (Å²) in [5, 5.41) is 5.83. The molecule has 15 heavy (non-hydrogen) atoms. The van der Waals surface area contributed by atoms with Crippen LogP contribution in [-0.4, -0.2) is 28.5 Å². The lowest BCUT2D eigenvalue weighted by Gasteiger charge is -2.07. The second-order valence-electron chi connectivity index (χ2n) is 3.50. The monoisotopic (exact) mass is 208 g/mol. The summed E-state index contributed by atoms with van der Waals surface area (Å²) in [6, 6.07) is 0.398. The first-order chi connectivity index (χ1) is 7.18. The van der Waals surface area contributed by atoms with Gasteiger partial charge in [0.1, 0.15) is 0 Å².